The molecule has 0 radical (unpaired) electrons. The van der Waals surface area contributed by atoms with Gasteiger partial charge in [-0.15, -0.1) is 0 Å². The van der Waals surface area contributed by atoms with Crippen molar-refractivity contribution in [1.29, 1.82) is 0 Å². The quantitative estimate of drug-likeness (QED) is 0.108. The van der Waals surface area contributed by atoms with E-state index in [1.165, 1.54) is 182 Å². The number of aromatic nitrogens is 10. The number of nitrogens with zero attached hydrogens (tertiary/aromatic N) is 10. The van der Waals surface area contributed by atoms with Gasteiger partial charge in [0.2, 0.25) is 0 Å². The van der Waals surface area contributed by atoms with E-state index >= 15 is 0 Å². The molecule has 0 saturated carbocycles. The fourth-order valence-electron chi connectivity index (χ4n) is 23.1. The fourth-order valence-corrected chi connectivity index (χ4v) is 29.1. The molecule has 0 fully saturated rings. The molecule has 712 valence electrons. The standard InChI is InChI=1S/C36H26N2Se.C35H23N3Se.C33H21N3Se.C32H24N2Se/c1-36(2)31-10-6-5-9-29(31)30-18-17-27(22-32(30)36)24-11-14-25(15-12-24)34-33(37-35-38(34)19-20-39-35)28-16-13-23-7-3-4-8-26(23)21-28;1-2-8-24(9-3-1)25-14-16-26(17-15-25)33-34(37-22-23-39-35(37)36-33)27-18-20-28(21-19-27)38-31-12-6-4-10-29(31)30-11-5-7-13-32(30)38;1-2-8-24-21-25(14-13-22(24)7-1)31-32(35-19-20-37-33(35)34-31)23-15-17-26(18-16-23)36-29-11-5-3-9-27(29)28-10-4-6-12-30(28)36;1-32(2)27-11-7-6-10-25(27)26-17-16-24(20-28(26)32)30-29(33-31-34(30)18-19-35-31)23-14-12-22(13-15-23)21-8-4-3-5-9-21/h3-22H,1-2H3;1-23H;1-21H;3-20H,1-2H3. The maximum absolute atomic E-state index is 5.14. The van der Waals surface area contributed by atoms with E-state index in [1.54, 1.807) is 0 Å². The van der Waals surface area contributed by atoms with Crippen molar-refractivity contribution in [3.05, 3.63) is 516 Å². The second-order valence-electron chi connectivity index (χ2n) is 39.7. The summed E-state index contributed by atoms with van der Waals surface area (Å²) in [7, 11) is 0. The van der Waals surface area contributed by atoms with Crippen molar-refractivity contribution in [3.8, 4) is 157 Å². The Morgan fingerprint density at radius 3 is 0.813 bits per heavy atom. The minimum atomic E-state index is -0.0208. The van der Waals surface area contributed by atoms with Gasteiger partial charge in [-0.1, -0.05) is 24.3 Å². The molecule has 0 spiro atoms. The van der Waals surface area contributed by atoms with Crippen LogP contribution in [-0.2, 0) is 10.8 Å². The van der Waals surface area contributed by atoms with E-state index in [0.717, 1.165) is 80.3 Å². The van der Waals surface area contributed by atoms with Gasteiger partial charge in [0, 0.05) is 0 Å². The van der Waals surface area contributed by atoms with E-state index < -0.39 is 0 Å². The van der Waals surface area contributed by atoms with E-state index in [-0.39, 0.29) is 68.8 Å². The first-order valence-corrected chi connectivity index (χ1v) is 58.2. The summed E-state index contributed by atoms with van der Waals surface area (Å²) in [5.74, 6) is 0. The van der Waals surface area contributed by atoms with Gasteiger partial charge in [0.15, 0.2) is 0 Å². The van der Waals surface area contributed by atoms with Crippen LogP contribution in [0.25, 0.3) is 240 Å². The third-order valence-corrected chi connectivity index (χ3v) is 36.9. The number of hydrogen-bond donors (Lipinski definition) is 0. The molecule has 10 heterocycles. The summed E-state index contributed by atoms with van der Waals surface area (Å²) in [5.41, 5.74) is 44.0. The summed E-state index contributed by atoms with van der Waals surface area (Å²) in [6, 6.07) is 162. The van der Waals surface area contributed by atoms with E-state index in [0.29, 0.717) is 0 Å². The Bertz CT molecular complexity index is 10200. The minimum absolute atomic E-state index is 0.00285. The van der Waals surface area contributed by atoms with E-state index in [9.17, 15) is 0 Å². The van der Waals surface area contributed by atoms with Crippen LogP contribution in [0, 0.1) is 0 Å². The molecule has 19 aromatic carbocycles. The Morgan fingerprint density at radius 1 is 0.187 bits per heavy atom. The van der Waals surface area contributed by atoms with Gasteiger partial charge in [0.1, 0.15) is 0 Å². The van der Waals surface area contributed by atoms with Crippen LogP contribution >= 0.6 is 0 Å². The third kappa shape index (κ3) is 15.6. The first-order chi connectivity index (χ1) is 73.9. The molecule has 2 aliphatic rings. The molecule has 0 atom stereocenters. The molecule has 150 heavy (non-hydrogen) atoms. The predicted molar refractivity (Wildman–Crippen MR) is 627 cm³/mol. The zero-order valence-corrected chi connectivity index (χ0v) is 89.3. The van der Waals surface area contributed by atoms with Crippen LogP contribution < -0.4 is 0 Å². The first kappa shape index (κ1) is 90.7. The van der Waals surface area contributed by atoms with Crippen molar-refractivity contribution in [2.24, 2.45) is 0 Å². The van der Waals surface area contributed by atoms with Gasteiger partial charge in [-0.25, -0.2) is 0 Å². The summed E-state index contributed by atoms with van der Waals surface area (Å²) in [6.45, 7) is 9.37. The number of hydrogen-bond acceptors (Lipinski definition) is 4. The van der Waals surface area contributed by atoms with Gasteiger partial charge >= 0.3 is 875 Å². The summed E-state index contributed by atoms with van der Waals surface area (Å²) in [5, 5.41) is 10.1. The number of para-hydroxylation sites is 4. The normalized spacial score (nSPS) is 12.6. The van der Waals surface area contributed by atoms with Crippen LogP contribution in [0.1, 0.15) is 49.9 Å². The van der Waals surface area contributed by atoms with Gasteiger partial charge in [-0.05, 0) is 0 Å². The van der Waals surface area contributed by atoms with Crippen molar-refractivity contribution in [2.75, 3.05) is 0 Å². The summed E-state index contributed by atoms with van der Waals surface area (Å²) in [4.78, 5) is 29.5. The van der Waals surface area contributed by atoms with Crippen molar-refractivity contribution in [1.82, 2.24) is 46.7 Å². The predicted octanol–water partition coefficient (Wildman–Crippen LogP) is 33.0. The number of imidazole rings is 4. The van der Waals surface area contributed by atoms with Crippen LogP contribution in [0.15, 0.2) is 493 Å². The average molecular weight is 2180 g/mol. The van der Waals surface area contributed by atoms with Gasteiger partial charge < -0.3 is 0 Å². The first-order valence-electron chi connectivity index (χ1n) is 50.8. The molecule has 0 bridgehead atoms. The van der Waals surface area contributed by atoms with Crippen molar-refractivity contribution >= 4 is 141 Å². The zero-order chi connectivity index (χ0) is 99.8. The third-order valence-electron chi connectivity index (χ3n) is 30.5. The summed E-state index contributed by atoms with van der Waals surface area (Å²) < 4.78 is 18.5. The van der Waals surface area contributed by atoms with E-state index in [2.05, 4.69) is 548 Å². The molecule has 14 heteroatoms. The van der Waals surface area contributed by atoms with Crippen LogP contribution in [0.2, 0.25) is 0 Å². The fraction of sp³-hybridized carbons (Fsp3) is 0.0441. The molecular formula is C136H94N10Se4. The SMILES string of the molecule is CC1(C)c2ccccc2-c2ccc(-c3c(-c4ccc(-c5ccccc5)cc4)nc4[se]ccn34)cc21.CC1(C)c2ccccc2-c2ccc(-c3ccc(-c4c(-c5ccc6ccccc6c5)nc5[se]ccn45)cc3)cc21.c1ccc(-c2ccc(-c3nc4[se]ccn4c3-c3ccc(-n4c5ccccc5c5ccccc54)cc3)cc2)cc1.c1ccc2cc(-c3nc4[se]ccn4c3-c3ccc(-n4c5ccccc5c5ccccc54)cc3)ccc2c1. The van der Waals surface area contributed by atoms with E-state index in [1.807, 2.05) is 0 Å². The van der Waals surface area contributed by atoms with Crippen LogP contribution in [0.3, 0.4) is 0 Å². The molecule has 10 nitrogen and oxygen atoms in total. The average Bonchev–Trinajstić information content (AvgIpc) is 1.57. The van der Waals surface area contributed by atoms with Crippen LogP contribution in [-0.4, -0.2) is 105 Å². The summed E-state index contributed by atoms with van der Waals surface area (Å²) in [6.07, 6.45) is 8.76. The monoisotopic (exact) mass is 2190 g/mol. The van der Waals surface area contributed by atoms with Crippen molar-refractivity contribution in [3.63, 3.8) is 0 Å². The van der Waals surface area contributed by atoms with Gasteiger partial charge in [0.25, 0.3) is 0 Å². The molecule has 0 saturated heterocycles. The molecule has 0 N–H and O–H groups in total. The van der Waals surface area contributed by atoms with Crippen molar-refractivity contribution < 1.29 is 0 Å². The van der Waals surface area contributed by atoms with Crippen LogP contribution in [0.4, 0.5) is 0 Å². The second-order valence-corrected chi connectivity index (χ2v) is 47.1. The van der Waals surface area contributed by atoms with Gasteiger partial charge in [0.05, 0.1) is 0 Å². The molecular weight excluding hydrogens is 2090 g/mol. The second kappa shape index (κ2) is 37.2. The number of fused-ring (bicyclic) bond motifs is 18. The van der Waals surface area contributed by atoms with Crippen molar-refractivity contribution in [2.45, 2.75) is 38.5 Å². The Kier molecular flexibility index (Phi) is 22.5. The number of rotatable bonds is 13. The molecule has 10 aromatic heterocycles. The molecule has 0 unspecified atom stereocenters. The molecule has 0 amide bonds. The number of benzene rings is 19. The molecule has 29 aromatic rings. The van der Waals surface area contributed by atoms with E-state index in [4.69, 9.17) is 19.9 Å². The summed E-state index contributed by atoms with van der Waals surface area (Å²) >= 11 is 1.04. The molecule has 0 aliphatic heterocycles. The van der Waals surface area contributed by atoms with Gasteiger partial charge in [-0.2, -0.15) is 0 Å². The molecule has 31 rings (SSSR count). The molecule has 2 aliphatic carbocycles. The van der Waals surface area contributed by atoms with Crippen LogP contribution in [0.5, 0.6) is 0 Å². The van der Waals surface area contributed by atoms with Gasteiger partial charge in [-0.3, -0.25) is 0 Å². The zero-order valence-electron chi connectivity index (χ0n) is 82.4. The Hall–Kier alpha value is -16.8. The Balaban J connectivity index is 0.0000000961. The maximum atomic E-state index is 5.14. The topological polar surface area (TPSA) is 79.1 Å². The Labute approximate surface area is 891 Å². The Morgan fingerprint density at radius 2 is 0.440 bits per heavy atom.